The maximum Gasteiger partial charge on any atom is 0.128 e. The Kier molecular flexibility index (Phi) is 4.59. The molecule has 0 radical (unpaired) electrons. The first-order valence-corrected chi connectivity index (χ1v) is 8.95. The van der Waals surface area contributed by atoms with Crippen molar-refractivity contribution >= 4 is 21.8 Å². The van der Waals surface area contributed by atoms with Gasteiger partial charge in [-0.1, -0.05) is 24.3 Å². The fourth-order valence-electron chi connectivity index (χ4n) is 3.69. The van der Waals surface area contributed by atoms with Gasteiger partial charge in [0.25, 0.3) is 0 Å². The molecule has 0 saturated carbocycles. The molecule has 0 bridgehead atoms. The lowest BCUT2D eigenvalue weighted by molar-refractivity contribution is 0.419. The van der Waals surface area contributed by atoms with Crippen LogP contribution >= 0.6 is 0 Å². The van der Waals surface area contributed by atoms with Gasteiger partial charge >= 0.3 is 0 Å². The predicted molar refractivity (Wildman–Crippen MR) is 107 cm³/mol. The van der Waals surface area contributed by atoms with E-state index in [1.54, 1.807) is 7.11 Å². The average molecular weight is 345 g/mol. The Bertz CT molecular complexity index is 1040. The van der Waals surface area contributed by atoms with E-state index >= 15 is 0 Å². The molecule has 4 rings (SSSR count). The SMILES string of the molecule is CNCCC(c1cnc2ccccc2c1)c1c[nH]c2cccc(OC)c12. The van der Waals surface area contributed by atoms with Crippen LogP contribution in [0.3, 0.4) is 0 Å². The average Bonchev–Trinajstić information content (AvgIpc) is 3.12. The van der Waals surface area contributed by atoms with E-state index in [0.717, 1.165) is 35.1 Å². The molecule has 2 aromatic heterocycles. The molecular formula is C22H23N3O. The summed E-state index contributed by atoms with van der Waals surface area (Å²) >= 11 is 0. The first-order chi connectivity index (χ1) is 12.8. The third-order valence-electron chi connectivity index (χ3n) is 4.99. The van der Waals surface area contributed by atoms with Crippen molar-refractivity contribution in [2.24, 2.45) is 0 Å². The number of rotatable bonds is 6. The topological polar surface area (TPSA) is 49.9 Å². The molecule has 0 aliphatic carbocycles. The minimum atomic E-state index is 0.240. The minimum Gasteiger partial charge on any atom is -0.496 e. The van der Waals surface area contributed by atoms with E-state index in [4.69, 9.17) is 4.74 Å². The summed E-state index contributed by atoms with van der Waals surface area (Å²) in [5, 5.41) is 5.61. The molecule has 0 fully saturated rings. The number of aromatic amines is 1. The van der Waals surface area contributed by atoms with Crippen molar-refractivity contribution in [3.05, 3.63) is 72.1 Å². The number of pyridine rings is 1. The number of methoxy groups -OCH3 is 1. The van der Waals surface area contributed by atoms with Gasteiger partial charge < -0.3 is 15.0 Å². The number of para-hydroxylation sites is 1. The quantitative estimate of drug-likeness (QED) is 0.542. The van der Waals surface area contributed by atoms with E-state index in [1.165, 1.54) is 16.5 Å². The highest BCUT2D eigenvalue weighted by Crippen LogP contribution is 2.38. The molecule has 2 N–H and O–H groups in total. The van der Waals surface area contributed by atoms with Gasteiger partial charge in [-0.15, -0.1) is 0 Å². The van der Waals surface area contributed by atoms with Crippen LogP contribution in [0, 0.1) is 0 Å². The fourth-order valence-corrected chi connectivity index (χ4v) is 3.69. The molecule has 1 atom stereocenters. The molecule has 4 aromatic rings. The van der Waals surface area contributed by atoms with Crippen molar-refractivity contribution in [1.29, 1.82) is 0 Å². The van der Waals surface area contributed by atoms with Crippen LogP contribution in [0.4, 0.5) is 0 Å². The third-order valence-corrected chi connectivity index (χ3v) is 4.99. The van der Waals surface area contributed by atoms with Gasteiger partial charge in [0.15, 0.2) is 0 Å². The molecule has 0 amide bonds. The highest BCUT2D eigenvalue weighted by Gasteiger charge is 2.20. The molecule has 1 unspecified atom stereocenters. The summed E-state index contributed by atoms with van der Waals surface area (Å²) in [7, 11) is 3.72. The summed E-state index contributed by atoms with van der Waals surface area (Å²) in [5.74, 6) is 1.14. The first kappa shape index (κ1) is 16.6. The maximum atomic E-state index is 5.64. The largest absolute Gasteiger partial charge is 0.496 e. The summed E-state index contributed by atoms with van der Waals surface area (Å²) in [5.41, 5.74) is 4.61. The van der Waals surface area contributed by atoms with Crippen molar-refractivity contribution < 1.29 is 4.74 Å². The standard InChI is InChI=1S/C22H23N3O/c1-23-11-10-17(16-12-15-6-3-4-7-19(15)24-13-16)18-14-25-20-8-5-9-21(26-2)22(18)20/h3-9,12-14,17,23,25H,10-11H2,1-2H3. The molecule has 0 aliphatic heterocycles. The van der Waals surface area contributed by atoms with Crippen molar-refractivity contribution in [1.82, 2.24) is 15.3 Å². The Morgan fingerprint density at radius 2 is 2.04 bits per heavy atom. The molecular weight excluding hydrogens is 322 g/mol. The van der Waals surface area contributed by atoms with Crippen LogP contribution in [0.15, 0.2) is 60.9 Å². The Morgan fingerprint density at radius 3 is 2.88 bits per heavy atom. The highest BCUT2D eigenvalue weighted by atomic mass is 16.5. The lowest BCUT2D eigenvalue weighted by Gasteiger charge is -2.18. The van der Waals surface area contributed by atoms with Crippen LogP contribution in [0.2, 0.25) is 0 Å². The third kappa shape index (κ3) is 2.93. The summed E-state index contributed by atoms with van der Waals surface area (Å²) in [4.78, 5) is 8.09. The molecule has 0 aliphatic rings. The van der Waals surface area contributed by atoms with E-state index in [9.17, 15) is 0 Å². The van der Waals surface area contributed by atoms with Gasteiger partial charge in [0.2, 0.25) is 0 Å². The van der Waals surface area contributed by atoms with Crippen LogP contribution in [0.25, 0.3) is 21.8 Å². The van der Waals surface area contributed by atoms with Crippen LogP contribution in [0.5, 0.6) is 5.75 Å². The van der Waals surface area contributed by atoms with Crippen molar-refractivity contribution in [3.8, 4) is 5.75 Å². The smallest absolute Gasteiger partial charge is 0.128 e. The van der Waals surface area contributed by atoms with E-state index in [2.05, 4.69) is 51.8 Å². The Balaban J connectivity index is 1.87. The molecule has 4 heteroatoms. The predicted octanol–water partition coefficient (Wildman–Crippen LogP) is 4.47. The number of hydrogen-bond acceptors (Lipinski definition) is 3. The monoisotopic (exact) mass is 345 g/mol. The number of nitrogens with one attached hydrogen (secondary N) is 2. The van der Waals surface area contributed by atoms with Gasteiger partial charge in [0.05, 0.1) is 12.6 Å². The molecule has 4 nitrogen and oxygen atoms in total. The maximum absolute atomic E-state index is 5.64. The van der Waals surface area contributed by atoms with Crippen LogP contribution in [0.1, 0.15) is 23.5 Å². The van der Waals surface area contributed by atoms with Crippen molar-refractivity contribution in [2.75, 3.05) is 20.7 Å². The van der Waals surface area contributed by atoms with E-state index in [1.807, 2.05) is 31.4 Å². The first-order valence-electron chi connectivity index (χ1n) is 8.95. The second-order valence-corrected chi connectivity index (χ2v) is 6.53. The Labute approximate surface area is 153 Å². The zero-order chi connectivity index (χ0) is 17.9. The van der Waals surface area contributed by atoms with Crippen LogP contribution in [-0.4, -0.2) is 30.7 Å². The fraction of sp³-hybridized carbons (Fsp3) is 0.227. The zero-order valence-electron chi connectivity index (χ0n) is 15.1. The Morgan fingerprint density at radius 1 is 1.15 bits per heavy atom. The molecule has 0 spiro atoms. The number of ether oxygens (including phenoxy) is 1. The van der Waals surface area contributed by atoms with Gasteiger partial charge in [-0.2, -0.15) is 0 Å². The summed E-state index contributed by atoms with van der Waals surface area (Å²) in [6.07, 6.45) is 5.11. The Hall–Kier alpha value is -2.85. The van der Waals surface area contributed by atoms with Crippen molar-refractivity contribution in [2.45, 2.75) is 12.3 Å². The summed E-state index contributed by atoms with van der Waals surface area (Å²) in [6, 6.07) is 16.7. The van der Waals surface area contributed by atoms with Gasteiger partial charge in [-0.3, -0.25) is 4.98 Å². The number of hydrogen-bond donors (Lipinski definition) is 2. The molecule has 26 heavy (non-hydrogen) atoms. The molecule has 132 valence electrons. The van der Waals surface area contributed by atoms with Gasteiger partial charge in [0.1, 0.15) is 5.75 Å². The van der Waals surface area contributed by atoms with E-state index in [0.29, 0.717) is 0 Å². The summed E-state index contributed by atoms with van der Waals surface area (Å²) < 4.78 is 5.64. The number of fused-ring (bicyclic) bond motifs is 2. The number of benzene rings is 2. The minimum absolute atomic E-state index is 0.240. The van der Waals surface area contributed by atoms with Gasteiger partial charge in [-0.25, -0.2) is 0 Å². The number of H-pyrrole nitrogens is 1. The lowest BCUT2D eigenvalue weighted by atomic mass is 9.88. The van der Waals surface area contributed by atoms with E-state index < -0.39 is 0 Å². The number of nitrogens with zero attached hydrogens (tertiary/aromatic N) is 1. The van der Waals surface area contributed by atoms with E-state index in [-0.39, 0.29) is 5.92 Å². The van der Waals surface area contributed by atoms with Gasteiger partial charge in [0, 0.05) is 34.6 Å². The van der Waals surface area contributed by atoms with Gasteiger partial charge in [-0.05, 0) is 55.4 Å². The zero-order valence-corrected chi connectivity index (χ0v) is 15.1. The lowest BCUT2D eigenvalue weighted by Crippen LogP contribution is -2.13. The van der Waals surface area contributed by atoms with Crippen molar-refractivity contribution in [3.63, 3.8) is 0 Å². The normalized spacial score (nSPS) is 12.5. The van der Waals surface area contributed by atoms with Crippen LogP contribution < -0.4 is 10.1 Å². The summed E-state index contributed by atoms with van der Waals surface area (Å²) in [6.45, 7) is 0.930. The van der Waals surface area contributed by atoms with Crippen LogP contribution in [-0.2, 0) is 0 Å². The highest BCUT2D eigenvalue weighted by molar-refractivity contribution is 5.90. The second-order valence-electron chi connectivity index (χ2n) is 6.53. The number of aromatic nitrogens is 2. The second kappa shape index (κ2) is 7.18. The molecule has 2 heterocycles. The molecule has 0 saturated heterocycles. The molecule has 2 aromatic carbocycles.